The Hall–Kier alpha value is -2.78. The zero-order valence-corrected chi connectivity index (χ0v) is 23.9. The van der Waals surface area contributed by atoms with E-state index in [1.54, 1.807) is 24.1 Å². The first kappa shape index (κ1) is 28.7. The van der Waals surface area contributed by atoms with Crippen LogP contribution < -0.4 is 10.6 Å². The number of fused-ring (bicyclic) bond motifs is 2. The normalized spacial score (nSPS) is 31.7. The van der Waals surface area contributed by atoms with Crippen molar-refractivity contribution in [2.24, 2.45) is 29.1 Å². The fourth-order valence-corrected chi connectivity index (χ4v) is 7.38. The predicted molar refractivity (Wildman–Crippen MR) is 152 cm³/mol. The number of aliphatic hydroxyl groups excluding tert-OH is 2. The van der Waals surface area contributed by atoms with E-state index >= 15 is 0 Å². The minimum absolute atomic E-state index is 0.0884. The largest absolute Gasteiger partial charge is 0.394 e. The number of aliphatic hydroxyl groups is 2. The zero-order valence-electron chi connectivity index (χ0n) is 23.9. The van der Waals surface area contributed by atoms with Crippen LogP contribution in [0.5, 0.6) is 0 Å². The van der Waals surface area contributed by atoms with Crippen molar-refractivity contribution in [1.82, 2.24) is 15.7 Å². The lowest BCUT2D eigenvalue weighted by atomic mass is 9.45. The molecule has 8 atom stereocenters. The highest BCUT2D eigenvalue weighted by molar-refractivity contribution is 5.94. The molecule has 8 heteroatoms. The molecule has 1 heterocycles. The van der Waals surface area contributed by atoms with Gasteiger partial charge in [-0.05, 0) is 66.2 Å². The standard InChI is InChI=1S/C32H43N3O5/c1-19-25-14-24(32(25,3)4)15-26(19)34-31(39)29-28(20(2)37)27(18-36)40-35(29)17-22-10-8-9-21(13-22)16-33-30(38)23-11-6-5-7-12-23/h5-13,19-20,24-29,36-37H,14-18H2,1-4H3,(H,33,38)(H,34,39)/t19-,20-,24+,25?,26-,27-,28+,29-/m0/s1. The average Bonchev–Trinajstić information content (AvgIpc) is 3.31. The highest BCUT2D eigenvalue weighted by atomic mass is 16.7. The fourth-order valence-electron chi connectivity index (χ4n) is 7.38. The van der Waals surface area contributed by atoms with Gasteiger partial charge in [-0.3, -0.25) is 14.4 Å². The molecule has 8 nitrogen and oxygen atoms in total. The molecular formula is C32H43N3O5. The Balaban J connectivity index is 1.28. The van der Waals surface area contributed by atoms with E-state index in [0.717, 1.165) is 17.5 Å². The molecule has 216 valence electrons. The maximum Gasteiger partial charge on any atom is 0.251 e. The number of hydrogen-bond donors (Lipinski definition) is 4. The summed E-state index contributed by atoms with van der Waals surface area (Å²) < 4.78 is 0. The molecule has 1 saturated heterocycles. The van der Waals surface area contributed by atoms with E-state index in [4.69, 9.17) is 4.84 Å². The van der Waals surface area contributed by atoms with Crippen LogP contribution in [0.2, 0.25) is 0 Å². The summed E-state index contributed by atoms with van der Waals surface area (Å²) in [4.78, 5) is 32.4. The monoisotopic (exact) mass is 549 g/mol. The average molecular weight is 550 g/mol. The van der Waals surface area contributed by atoms with Crippen molar-refractivity contribution in [2.45, 2.75) is 77.9 Å². The topological polar surface area (TPSA) is 111 Å². The summed E-state index contributed by atoms with van der Waals surface area (Å²) in [6, 6.07) is 16.2. The molecule has 4 N–H and O–H groups in total. The van der Waals surface area contributed by atoms with Gasteiger partial charge < -0.3 is 20.8 Å². The molecule has 6 rings (SSSR count). The lowest BCUT2D eigenvalue weighted by Crippen LogP contribution is -2.62. The summed E-state index contributed by atoms with van der Waals surface area (Å²) in [7, 11) is 0. The Bertz CT molecular complexity index is 1200. The van der Waals surface area contributed by atoms with Gasteiger partial charge in [-0.25, -0.2) is 0 Å². The molecule has 3 aliphatic carbocycles. The van der Waals surface area contributed by atoms with Gasteiger partial charge in [0.1, 0.15) is 12.1 Å². The Morgan fingerprint density at radius 3 is 2.48 bits per heavy atom. The lowest BCUT2D eigenvalue weighted by Gasteiger charge is -2.62. The Morgan fingerprint density at radius 2 is 1.82 bits per heavy atom. The summed E-state index contributed by atoms with van der Waals surface area (Å²) >= 11 is 0. The number of carbonyl (C=O) groups excluding carboxylic acids is 2. The third kappa shape index (κ3) is 5.55. The number of benzene rings is 2. The van der Waals surface area contributed by atoms with Gasteiger partial charge in [0, 0.05) is 24.1 Å². The lowest BCUT2D eigenvalue weighted by molar-refractivity contribution is -0.183. The second-order valence-electron chi connectivity index (χ2n) is 12.6. The third-order valence-electron chi connectivity index (χ3n) is 9.88. The molecule has 2 aromatic carbocycles. The van der Waals surface area contributed by atoms with Gasteiger partial charge in [0.25, 0.3) is 5.91 Å². The van der Waals surface area contributed by atoms with Gasteiger partial charge in [0.15, 0.2) is 0 Å². The van der Waals surface area contributed by atoms with E-state index in [-0.39, 0.29) is 24.5 Å². The highest BCUT2D eigenvalue weighted by Crippen LogP contribution is 2.61. The fraction of sp³-hybridized carbons (Fsp3) is 0.562. The first-order valence-corrected chi connectivity index (χ1v) is 14.5. The second-order valence-corrected chi connectivity index (χ2v) is 12.6. The van der Waals surface area contributed by atoms with Gasteiger partial charge in [0.05, 0.1) is 19.3 Å². The minimum atomic E-state index is -0.839. The third-order valence-corrected chi connectivity index (χ3v) is 9.88. The summed E-state index contributed by atoms with van der Waals surface area (Å²) in [6.45, 7) is 8.93. The SMILES string of the molecule is C[C@H](O)[C@@H]1[C@H](CO)ON(Cc2cccc(CNC(=O)c3ccccc3)c2)[C@@H]1C(=O)N[C@H]1C[C@H]2CC([C@@H]1C)C2(C)C. The first-order valence-electron chi connectivity index (χ1n) is 14.5. The molecule has 0 aromatic heterocycles. The number of hydroxylamine groups is 2. The van der Waals surface area contributed by atoms with Crippen molar-refractivity contribution < 1.29 is 24.6 Å². The predicted octanol–water partition coefficient (Wildman–Crippen LogP) is 3.28. The van der Waals surface area contributed by atoms with E-state index in [9.17, 15) is 19.8 Å². The molecule has 2 aromatic rings. The van der Waals surface area contributed by atoms with Crippen LogP contribution >= 0.6 is 0 Å². The smallest absolute Gasteiger partial charge is 0.251 e. The van der Waals surface area contributed by atoms with Crippen LogP contribution in [0.1, 0.15) is 62.0 Å². The van der Waals surface area contributed by atoms with Gasteiger partial charge in [-0.2, -0.15) is 5.06 Å². The Labute approximate surface area is 237 Å². The molecule has 3 saturated carbocycles. The molecular weight excluding hydrogens is 506 g/mol. The molecule has 1 aliphatic heterocycles. The van der Waals surface area contributed by atoms with Gasteiger partial charge in [0.2, 0.25) is 5.91 Å². The molecule has 0 spiro atoms. The van der Waals surface area contributed by atoms with Crippen LogP contribution in [-0.2, 0) is 22.7 Å². The van der Waals surface area contributed by atoms with E-state index in [2.05, 4.69) is 31.4 Å². The molecule has 0 radical (unpaired) electrons. The number of nitrogens with zero attached hydrogens (tertiary/aromatic N) is 1. The van der Waals surface area contributed by atoms with Crippen LogP contribution in [0.15, 0.2) is 54.6 Å². The number of rotatable bonds is 9. The van der Waals surface area contributed by atoms with Crippen LogP contribution in [0.25, 0.3) is 0 Å². The van der Waals surface area contributed by atoms with Crippen molar-refractivity contribution in [2.75, 3.05) is 6.61 Å². The van der Waals surface area contributed by atoms with Crippen molar-refractivity contribution in [3.05, 3.63) is 71.3 Å². The molecule has 2 amide bonds. The Kier molecular flexibility index (Phi) is 8.34. The van der Waals surface area contributed by atoms with Crippen molar-refractivity contribution in [3.63, 3.8) is 0 Å². The highest BCUT2D eigenvalue weighted by Gasteiger charge is 2.57. The zero-order chi connectivity index (χ0) is 28.6. The number of nitrogens with one attached hydrogen (secondary N) is 2. The van der Waals surface area contributed by atoms with Gasteiger partial charge >= 0.3 is 0 Å². The summed E-state index contributed by atoms with van der Waals surface area (Å²) in [5.41, 5.74) is 2.75. The molecule has 4 fully saturated rings. The van der Waals surface area contributed by atoms with Crippen LogP contribution in [0, 0.1) is 29.1 Å². The van der Waals surface area contributed by atoms with Crippen molar-refractivity contribution in [3.8, 4) is 0 Å². The Morgan fingerprint density at radius 1 is 1.10 bits per heavy atom. The maximum atomic E-state index is 13.8. The first-order chi connectivity index (χ1) is 19.1. The van der Waals surface area contributed by atoms with Crippen molar-refractivity contribution >= 4 is 11.8 Å². The van der Waals surface area contributed by atoms with E-state index < -0.39 is 24.2 Å². The molecule has 40 heavy (non-hydrogen) atoms. The van der Waals surface area contributed by atoms with Crippen LogP contribution in [0.4, 0.5) is 0 Å². The summed E-state index contributed by atoms with van der Waals surface area (Å²) in [5, 5.41) is 28.6. The molecule has 1 unspecified atom stereocenters. The van der Waals surface area contributed by atoms with Gasteiger partial charge in [-0.1, -0.05) is 63.2 Å². The maximum absolute atomic E-state index is 13.8. The van der Waals surface area contributed by atoms with E-state index in [0.29, 0.717) is 41.8 Å². The molecule has 4 aliphatic rings. The van der Waals surface area contributed by atoms with Crippen LogP contribution in [-0.4, -0.2) is 58.0 Å². The van der Waals surface area contributed by atoms with Crippen LogP contribution in [0.3, 0.4) is 0 Å². The van der Waals surface area contributed by atoms with E-state index in [1.165, 1.54) is 6.42 Å². The van der Waals surface area contributed by atoms with E-state index in [1.807, 2.05) is 42.5 Å². The van der Waals surface area contributed by atoms with Gasteiger partial charge in [-0.15, -0.1) is 0 Å². The number of amides is 2. The van der Waals surface area contributed by atoms with Crippen molar-refractivity contribution in [1.29, 1.82) is 0 Å². The number of hydrogen-bond acceptors (Lipinski definition) is 6. The molecule has 2 bridgehead atoms. The minimum Gasteiger partial charge on any atom is -0.394 e. The number of carbonyl (C=O) groups is 2. The second kappa shape index (κ2) is 11.6. The summed E-state index contributed by atoms with van der Waals surface area (Å²) in [5.74, 6) is 0.704. The summed E-state index contributed by atoms with van der Waals surface area (Å²) in [6.07, 6.45) is 0.669. The quantitative estimate of drug-likeness (QED) is 0.382.